The number of benzene rings is 1. The average molecular weight is 378 g/mol. The first-order valence-electron chi connectivity index (χ1n) is 9.49. The fourth-order valence-corrected chi connectivity index (χ4v) is 3.42. The third-order valence-corrected chi connectivity index (χ3v) is 4.92. The van der Waals surface area contributed by atoms with Crippen molar-refractivity contribution in [3.63, 3.8) is 0 Å². The van der Waals surface area contributed by atoms with E-state index in [0.717, 1.165) is 30.3 Å². The monoisotopic (exact) mass is 378 g/mol. The van der Waals surface area contributed by atoms with E-state index in [1.807, 2.05) is 31.2 Å². The smallest absolute Gasteiger partial charge is 0.274 e. The molecule has 0 radical (unpaired) electrons. The van der Waals surface area contributed by atoms with Crippen LogP contribution in [0.3, 0.4) is 0 Å². The predicted molar refractivity (Wildman–Crippen MR) is 104 cm³/mol. The van der Waals surface area contributed by atoms with Crippen LogP contribution in [0.2, 0.25) is 0 Å². The highest BCUT2D eigenvalue weighted by molar-refractivity contribution is 6.04. The van der Waals surface area contributed by atoms with Gasteiger partial charge in [0.1, 0.15) is 5.82 Å². The van der Waals surface area contributed by atoms with Crippen LogP contribution in [0.4, 0.5) is 0 Å². The molecule has 0 unspecified atom stereocenters. The van der Waals surface area contributed by atoms with Crippen molar-refractivity contribution in [1.82, 2.24) is 30.2 Å². The van der Waals surface area contributed by atoms with E-state index in [2.05, 4.69) is 25.3 Å². The number of fused-ring (bicyclic) bond motifs is 1. The number of aromatic nitrogens is 4. The highest BCUT2D eigenvalue weighted by atomic mass is 16.2. The predicted octanol–water partition coefficient (Wildman–Crippen LogP) is 2.47. The first-order chi connectivity index (χ1) is 13.6. The van der Waals surface area contributed by atoms with Crippen LogP contribution in [0, 0.1) is 0 Å². The van der Waals surface area contributed by atoms with E-state index in [0.29, 0.717) is 18.9 Å². The zero-order valence-corrected chi connectivity index (χ0v) is 15.7. The lowest BCUT2D eigenvalue weighted by Gasteiger charge is -2.26. The lowest BCUT2D eigenvalue weighted by atomic mass is 10.1. The Morgan fingerprint density at radius 2 is 1.79 bits per heavy atom. The minimum Gasteiger partial charge on any atom is -0.341 e. The molecule has 1 aliphatic rings. The van der Waals surface area contributed by atoms with Crippen molar-refractivity contribution in [3.05, 3.63) is 53.9 Å². The van der Waals surface area contributed by atoms with Crippen LogP contribution >= 0.6 is 0 Å². The number of hydrogen-bond donors (Lipinski definition) is 2. The van der Waals surface area contributed by atoms with Crippen molar-refractivity contribution in [3.8, 4) is 0 Å². The molecule has 0 saturated carbocycles. The zero-order valence-electron chi connectivity index (χ0n) is 15.7. The third kappa shape index (κ3) is 3.58. The van der Waals surface area contributed by atoms with Gasteiger partial charge in [-0.2, -0.15) is 0 Å². The molecule has 0 spiro atoms. The van der Waals surface area contributed by atoms with Gasteiger partial charge in [-0.15, -0.1) is 0 Å². The van der Waals surface area contributed by atoms with Gasteiger partial charge in [-0.3, -0.25) is 9.59 Å². The van der Waals surface area contributed by atoms with E-state index in [-0.39, 0.29) is 23.3 Å². The molecule has 1 atom stereocenters. The van der Waals surface area contributed by atoms with E-state index in [4.69, 9.17) is 0 Å². The second-order valence-corrected chi connectivity index (χ2v) is 6.94. The Hall–Kier alpha value is -3.29. The fourth-order valence-electron chi connectivity index (χ4n) is 3.42. The minimum atomic E-state index is -0.443. The molecule has 2 amide bonds. The number of para-hydroxylation sites is 2. The van der Waals surface area contributed by atoms with Gasteiger partial charge in [0.2, 0.25) is 0 Å². The topological polar surface area (TPSA) is 104 Å². The van der Waals surface area contributed by atoms with Crippen molar-refractivity contribution in [2.45, 2.75) is 32.2 Å². The van der Waals surface area contributed by atoms with Crippen LogP contribution in [0.25, 0.3) is 11.0 Å². The maximum atomic E-state index is 12.8. The van der Waals surface area contributed by atoms with Crippen LogP contribution in [0.15, 0.2) is 36.7 Å². The molecule has 0 bridgehead atoms. The molecular formula is C20H22N6O2. The number of carbonyl (C=O) groups is 2. The molecule has 0 aliphatic carbocycles. The summed E-state index contributed by atoms with van der Waals surface area (Å²) >= 11 is 0. The van der Waals surface area contributed by atoms with Gasteiger partial charge in [0.25, 0.3) is 11.8 Å². The molecular weight excluding hydrogens is 356 g/mol. The molecule has 8 heteroatoms. The van der Waals surface area contributed by atoms with Crippen LogP contribution < -0.4 is 5.32 Å². The van der Waals surface area contributed by atoms with Gasteiger partial charge >= 0.3 is 0 Å². The van der Waals surface area contributed by atoms with Crippen molar-refractivity contribution in [2.24, 2.45) is 0 Å². The lowest BCUT2D eigenvalue weighted by molar-refractivity contribution is 0.0710. The Morgan fingerprint density at radius 1 is 1.07 bits per heavy atom. The summed E-state index contributed by atoms with van der Waals surface area (Å²) in [6, 6.07) is 7.29. The zero-order chi connectivity index (χ0) is 19.5. The third-order valence-electron chi connectivity index (χ3n) is 4.92. The Bertz CT molecular complexity index is 976. The Morgan fingerprint density at radius 3 is 2.54 bits per heavy atom. The molecule has 3 heterocycles. The van der Waals surface area contributed by atoms with E-state index in [1.165, 1.54) is 12.4 Å². The molecule has 1 aromatic carbocycles. The van der Waals surface area contributed by atoms with E-state index < -0.39 is 5.91 Å². The first-order valence-corrected chi connectivity index (χ1v) is 9.49. The molecule has 8 nitrogen and oxygen atoms in total. The summed E-state index contributed by atoms with van der Waals surface area (Å²) in [4.78, 5) is 43.4. The standard InChI is InChI=1S/C20H22N6O2/c1-13(18-24-14-7-3-4-8-15(14)25-18)23-19(27)16-17(22-10-9-21-16)20(28)26-11-5-2-6-12-26/h3-4,7-10,13H,2,5-6,11-12H2,1H3,(H,23,27)(H,24,25)/t13-/m0/s1. The number of nitrogens with one attached hydrogen (secondary N) is 2. The fraction of sp³-hybridized carbons (Fsp3) is 0.350. The second kappa shape index (κ2) is 7.75. The highest BCUT2D eigenvalue weighted by Crippen LogP contribution is 2.17. The van der Waals surface area contributed by atoms with Gasteiger partial charge in [0, 0.05) is 25.5 Å². The number of aromatic amines is 1. The quantitative estimate of drug-likeness (QED) is 0.726. The number of likely N-dealkylation sites (tertiary alicyclic amines) is 1. The maximum absolute atomic E-state index is 12.8. The maximum Gasteiger partial charge on any atom is 0.274 e. The number of hydrogen-bond acceptors (Lipinski definition) is 5. The van der Waals surface area contributed by atoms with Crippen LogP contribution in [0.1, 0.15) is 59.0 Å². The molecule has 4 rings (SSSR count). The van der Waals surface area contributed by atoms with Crippen LogP contribution in [0.5, 0.6) is 0 Å². The summed E-state index contributed by atoms with van der Waals surface area (Å²) in [5.41, 5.74) is 1.87. The van der Waals surface area contributed by atoms with E-state index in [1.54, 1.807) is 4.90 Å². The second-order valence-electron chi connectivity index (χ2n) is 6.94. The normalized spacial score (nSPS) is 15.4. The number of imidazole rings is 1. The Labute approximate surface area is 162 Å². The minimum absolute atomic E-state index is 0.0426. The molecule has 1 fully saturated rings. The molecule has 3 aromatic rings. The summed E-state index contributed by atoms with van der Waals surface area (Å²) in [6.07, 6.45) is 5.92. The summed E-state index contributed by atoms with van der Waals surface area (Å²) in [5, 5.41) is 2.87. The van der Waals surface area contributed by atoms with Crippen LogP contribution in [-0.2, 0) is 0 Å². The van der Waals surface area contributed by atoms with Crippen molar-refractivity contribution in [2.75, 3.05) is 13.1 Å². The Balaban J connectivity index is 1.53. The number of piperidine rings is 1. The number of rotatable bonds is 4. The van der Waals surface area contributed by atoms with Gasteiger partial charge in [0.05, 0.1) is 17.1 Å². The van der Waals surface area contributed by atoms with Crippen molar-refractivity contribution < 1.29 is 9.59 Å². The molecule has 2 aromatic heterocycles. The summed E-state index contributed by atoms with van der Waals surface area (Å²) in [6.45, 7) is 3.20. The largest absolute Gasteiger partial charge is 0.341 e. The van der Waals surface area contributed by atoms with Gasteiger partial charge in [0.15, 0.2) is 11.4 Å². The number of H-pyrrole nitrogens is 1. The van der Waals surface area contributed by atoms with Gasteiger partial charge in [-0.1, -0.05) is 12.1 Å². The van der Waals surface area contributed by atoms with Gasteiger partial charge < -0.3 is 15.2 Å². The highest BCUT2D eigenvalue weighted by Gasteiger charge is 2.26. The van der Waals surface area contributed by atoms with E-state index >= 15 is 0 Å². The summed E-state index contributed by atoms with van der Waals surface area (Å²) in [5.74, 6) is -0.0434. The SMILES string of the molecule is C[C@H](NC(=O)c1nccnc1C(=O)N1CCCCC1)c1nc2ccccc2[nH]1. The number of carbonyl (C=O) groups excluding carboxylic acids is 2. The molecule has 144 valence electrons. The molecule has 28 heavy (non-hydrogen) atoms. The van der Waals surface area contributed by atoms with Gasteiger partial charge in [-0.25, -0.2) is 15.0 Å². The number of nitrogens with zero attached hydrogens (tertiary/aromatic N) is 4. The number of amides is 2. The van der Waals surface area contributed by atoms with Gasteiger partial charge in [-0.05, 0) is 38.3 Å². The molecule has 1 aliphatic heterocycles. The first kappa shape index (κ1) is 18.1. The van der Waals surface area contributed by atoms with Crippen molar-refractivity contribution in [1.29, 1.82) is 0 Å². The Kier molecular flexibility index (Phi) is 5.01. The average Bonchev–Trinajstić information content (AvgIpc) is 3.18. The molecule has 1 saturated heterocycles. The summed E-state index contributed by atoms with van der Waals surface area (Å²) < 4.78 is 0. The lowest BCUT2D eigenvalue weighted by Crippen LogP contribution is -2.38. The van der Waals surface area contributed by atoms with Crippen LogP contribution in [-0.4, -0.2) is 49.7 Å². The van der Waals surface area contributed by atoms with Crippen molar-refractivity contribution >= 4 is 22.8 Å². The summed E-state index contributed by atoms with van der Waals surface area (Å²) in [7, 11) is 0. The molecule has 2 N–H and O–H groups in total. The van der Waals surface area contributed by atoms with E-state index in [9.17, 15) is 9.59 Å².